The van der Waals surface area contributed by atoms with Crippen molar-refractivity contribution in [3.05, 3.63) is 34.0 Å². The molecule has 0 saturated carbocycles. The number of imide groups is 2. The largest absolute Gasteiger partial charge is 0.339 e. The van der Waals surface area contributed by atoms with Crippen molar-refractivity contribution in [2.75, 3.05) is 20.1 Å². The first-order valence-electron chi connectivity index (χ1n) is 9.09. The van der Waals surface area contributed by atoms with Crippen LogP contribution < -0.4 is 0 Å². The number of urea groups is 1. The highest BCUT2D eigenvalue weighted by Gasteiger charge is 2.45. The summed E-state index contributed by atoms with van der Waals surface area (Å²) in [7, 11) is 1.61. The fourth-order valence-electron chi connectivity index (χ4n) is 3.25. The maximum atomic E-state index is 12.5. The van der Waals surface area contributed by atoms with Crippen molar-refractivity contribution in [1.29, 1.82) is 0 Å². The smallest absolute Gasteiger partial charge is 0.334 e. The summed E-state index contributed by atoms with van der Waals surface area (Å²) in [5.41, 5.74) is 1.22. The van der Waals surface area contributed by atoms with Gasteiger partial charge in [0.05, 0.1) is 6.54 Å². The van der Waals surface area contributed by atoms with Crippen LogP contribution in [0, 0.1) is 0 Å². The molecule has 0 aromatic carbocycles. The van der Waals surface area contributed by atoms with Gasteiger partial charge in [0.15, 0.2) is 0 Å². The average molecular weight is 389 g/mol. The zero-order chi connectivity index (χ0) is 19.4. The number of thiophene rings is 1. The topological polar surface area (TPSA) is 78.0 Å². The van der Waals surface area contributed by atoms with E-state index in [1.807, 2.05) is 17.5 Å². The number of carbonyl (C=O) groups excluding carboxylic acids is 4. The van der Waals surface area contributed by atoms with Crippen molar-refractivity contribution < 1.29 is 19.2 Å². The number of hydrogen-bond acceptors (Lipinski definition) is 5. The molecular formula is C19H23N3O4S. The fraction of sp³-hybridized carbons (Fsp3) is 0.474. The second-order valence-corrected chi connectivity index (χ2v) is 7.85. The minimum Gasteiger partial charge on any atom is -0.339 e. The maximum absolute atomic E-state index is 12.5. The molecule has 0 spiro atoms. The zero-order valence-electron chi connectivity index (χ0n) is 15.3. The maximum Gasteiger partial charge on any atom is 0.334 e. The molecule has 1 saturated heterocycles. The van der Waals surface area contributed by atoms with Gasteiger partial charge >= 0.3 is 17.8 Å². The van der Waals surface area contributed by atoms with Crippen molar-refractivity contribution in [2.45, 2.75) is 38.6 Å². The lowest BCUT2D eigenvalue weighted by molar-refractivity contribution is -0.144. The average Bonchev–Trinajstić information content (AvgIpc) is 3.24. The Morgan fingerprint density at radius 2 is 1.96 bits per heavy atom. The number of rotatable bonds is 7. The van der Waals surface area contributed by atoms with Crippen LogP contribution in [0.1, 0.15) is 37.0 Å². The predicted octanol–water partition coefficient (Wildman–Crippen LogP) is 2.39. The van der Waals surface area contributed by atoms with Crippen LogP contribution in [0.25, 0.3) is 0 Å². The highest BCUT2D eigenvalue weighted by Crippen LogP contribution is 2.22. The Labute approximate surface area is 162 Å². The van der Waals surface area contributed by atoms with Crippen molar-refractivity contribution >= 4 is 35.1 Å². The Hall–Kier alpha value is -2.48. The SMILES string of the molecule is CN(Cc1cccs1)C(=O)CN1C(=O)C(=O)N(CCC2=CCCCC2)C1=O. The monoisotopic (exact) mass is 389 g/mol. The van der Waals surface area contributed by atoms with E-state index in [-0.39, 0.29) is 12.5 Å². The molecule has 1 aliphatic carbocycles. The van der Waals surface area contributed by atoms with Gasteiger partial charge in [-0.15, -0.1) is 11.3 Å². The minimum atomic E-state index is -0.921. The Balaban J connectivity index is 1.58. The van der Waals surface area contributed by atoms with Crippen LogP contribution in [0.15, 0.2) is 29.2 Å². The van der Waals surface area contributed by atoms with E-state index in [1.165, 1.54) is 28.2 Å². The summed E-state index contributed by atoms with van der Waals surface area (Å²) in [6, 6.07) is 3.11. The Kier molecular flexibility index (Phi) is 6.05. The standard InChI is InChI=1S/C19H23N3O4S/c1-20(12-15-8-5-11-27-15)16(23)13-22-18(25)17(24)21(19(22)26)10-9-14-6-3-2-4-7-14/h5-6,8,11H,2-4,7,9-10,12-13H2,1H3. The fourth-order valence-corrected chi connectivity index (χ4v) is 4.01. The molecule has 27 heavy (non-hydrogen) atoms. The second kappa shape index (κ2) is 8.47. The second-order valence-electron chi connectivity index (χ2n) is 6.82. The quantitative estimate of drug-likeness (QED) is 0.408. The van der Waals surface area contributed by atoms with E-state index in [9.17, 15) is 19.2 Å². The molecule has 0 bridgehead atoms. The molecule has 2 aliphatic rings. The molecular weight excluding hydrogens is 366 g/mol. The molecule has 0 N–H and O–H groups in total. The summed E-state index contributed by atoms with van der Waals surface area (Å²) in [6.45, 7) is 0.175. The normalized spacial score (nSPS) is 17.5. The summed E-state index contributed by atoms with van der Waals surface area (Å²) in [5.74, 6) is -2.14. The Bertz CT molecular complexity index is 772. The van der Waals surface area contributed by atoms with E-state index in [4.69, 9.17) is 0 Å². The molecule has 7 nitrogen and oxygen atoms in total. The van der Waals surface area contributed by atoms with Gasteiger partial charge in [-0.3, -0.25) is 19.3 Å². The summed E-state index contributed by atoms with van der Waals surface area (Å²) in [6.07, 6.45) is 7.01. The molecule has 2 heterocycles. The lowest BCUT2D eigenvalue weighted by Crippen LogP contribution is -2.42. The van der Waals surface area contributed by atoms with Gasteiger partial charge in [-0.1, -0.05) is 17.7 Å². The molecule has 3 rings (SSSR count). The number of allylic oxidation sites excluding steroid dienone is 1. The molecule has 1 aromatic rings. The Morgan fingerprint density at radius 1 is 1.19 bits per heavy atom. The van der Waals surface area contributed by atoms with Crippen molar-refractivity contribution in [2.24, 2.45) is 0 Å². The van der Waals surface area contributed by atoms with Crippen LogP contribution in [-0.4, -0.2) is 58.6 Å². The van der Waals surface area contributed by atoms with Crippen LogP contribution in [-0.2, 0) is 20.9 Å². The van der Waals surface area contributed by atoms with Gasteiger partial charge in [0.25, 0.3) is 0 Å². The van der Waals surface area contributed by atoms with Crippen LogP contribution in [0.4, 0.5) is 4.79 Å². The highest BCUT2D eigenvalue weighted by atomic mass is 32.1. The van der Waals surface area contributed by atoms with Crippen LogP contribution in [0.2, 0.25) is 0 Å². The Morgan fingerprint density at radius 3 is 2.63 bits per heavy atom. The van der Waals surface area contributed by atoms with Crippen molar-refractivity contribution in [1.82, 2.24) is 14.7 Å². The van der Waals surface area contributed by atoms with Crippen LogP contribution >= 0.6 is 11.3 Å². The summed E-state index contributed by atoms with van der Waals surface area (Å²) < 4.78 is 0. The molecule has 0 radical (unpaired) electrons. The molecule has 0 unspecified atom stereocenters. The summed E-state index contributed by atoms with van der Waals surface area (Å²) >= 11 is 1.52. The van der Waals surface area contributed by atoms with E-state index >= 15 is 0 Å². The van der Waals surface area contributed by atoms with E-state index in [0.717, 1.165) is 33.9 Å². The number of hydrogen-bond donors (Lipinski definition) is 0. The van der Waals surface area contributed by atoms with E-state index < -0.39 is 24.4 Å². The third kappa shape index (κ3) is 4.44. The molecule has 1 aliphatic heterocycles. The molecule has 1 fully saturated rings. The first kappa shape index (κ1) is 19.3. The van der Waals surface area contributed by atoms with E-state index in [0.29, 0.717) is 13.0 Å². The highest BCUT2D eigenvalue weighted by molar-refractivity contribution is 7.09. The lowest BCUT2D eigenvalue weighted by atomic mass is 9.97. The van der Waals surface area contributed by atoms with Gasteiger partial charge in [-0.2, -0.15) is 0 Å². The molecule has 1 aromatic heterocycles. The first-order valence-corrected chi connectivity index (χ1v) is 9.97. The third-order valence-corrected chi connectivity index (χ3v) is 5.73. The predicted molar refractivity (Wildman–Crippen MR) is 101 cm³/mol. The molecule has 8 heteroatoms. The molecule has 144 valence electrons. The van der Waals surface area contributed by atoms with E-state index in [1.54, 1.807) is 7.05 Å². The van der Waals surface area contributed by atoms with Crippen LogP contribution in [0.5, 0.6) is 0 Å². The third-order valence-electron chi connectivity index (χ3n) is 4.87. The van der Waals surface area contributed by atoms with Gasteiger partial charge in [-0.05, 0) is 43.6 Å². The van der Waals surface area contributed by atoms with Crippen molar-refractivity contribution in [3.8, 4) is 0 Å². The minimum absolute atomic E-state index is 0.185. The van der Waals surface area contributed by atoms with Gasteiger partial charge in [-0.25, -0.2) is 9.69 Å². The van der Waals surface area contributed by atoms with Gasteiger partial charge < -0.3 is 4.90 Å². The lowest BCUT2D eigenvalue weighted by Gasteiger charge is -2.20. The summed E-state index contributed by atoms with van der Waals surface area (Å²) in [5, 5.41) is 1.92. The molecule has 0 atom stereocenters. The zero-order valence-corrected chi connectivity index (χ0v) is 16.2. The van der Waals surface area contributed by atoms with Gasteiger partial charge in [0.1, 0.15) is 6.54 Å². The number of carbonyl (C=O) groups is 4. The molecule has 5 amide bonds. The number of nitrogens with zero attached hydrogens (tertiary/aromatic N) is 3. The van der Waals surface area contributed by atoms with Gasteiger partial charge in [0, 0.05) is 18.5 Å². The van der Waals surface area contributed by atoms with Crippen LogP contribution in [0.3, 0.4) is 0 Å². The number of likely N-dealkylation sites (N-methyl/N-ethyl adjacent to an activating group) is 1. The number of amides is 5. The van der Waals surface area contributed by atoms with Crippen molar-refractivity contribution in [3.63, 3.8) is 0 Å². The first-order chi connectivity index (χ1) is 13.0. The van der Waals surface area contributed by atoms with Gasteiger partial charge in [0.2, 0.25) is 5.91 Å². The summed E-state index contributed by atoms with van der Waals surface area (Å²) in [4.78, 5) is 53.4. The van der Waals surface area contributed by atoms with E-state index in [2.05, 4.69) is 6.08 Å².